The molecule has 1 heterocycles. The lowest BCUT2D eigenvalue weighted by atomic mass is 10.2. The molecule has 0 aliphatic carbocycles. The highest BCUT2D eigenvalue weighted by molar-refractivity contribution is 5.39. The van der Waals surface area contributed by atoms with Crippen LogP contribution in [0.4, 0.5) is 5.69 Å². The van der Waals surface area contributed by atoms with Crippen molar-refractivity contribution >= 4 is 5.69 Å². The summed E-state index contributed by atoms with van der Waals surface area (Å²) >= 11 is 0. The van der Waals surface area contributed by atoms with Crippen molar-refractivity contribution in [1.29, 1.82) is 0 Å². The van der Waals surface area contributed by atoms with Crippen molar-refractivity contribution in [3.63, 3.8) is 0 Å². The van der Waals surface area contributed by atoms with Gasteiger partial charge < -0.3 is 10.3 Å². The Labute approximate surface area is 97.9 Å². The molecule has 0 aliphatic heterocycles. The topological polar surface area (TPSA) is 87.0 Å². The Morgan fingerprint density at radius 3 is 2.88 bits per heavy atom. The number of rotatable bonds is 4. The number of nitrogens with zero attached hydrogens (tertiary/aromatic N) is 3. The normalized spacial score (nSPS) is 10.4. The van der Waals surface area contributed by atoms with Gasteiger partial charge in [-0.05, 0) is 0 Å². The van der Waals surface area contributed by atoms with Crippen LogP contribution in [0.1, 0.15) is 11.4 Å². The van der Waals surface area contributed by atoms with Gasteiger partial charge in [0, 0.05) is 24.0 Å². The molecule has 1 aromatic carbocycles. The zero-order chi connectivity index (χ0) is 12.3. The predicted molar refractivity (Wildman–Crippen MR) is 62.3 cm³/mol. The van der Waals surface area contributed by atoms with Crippen LogP contribution in [0.5, 0.6) is 0 Å². The van der Waals surface area contributed by atoms with E-state index in [0.717, 1.165) is 0 Å². The molecule has 0 aliphatic rings. The van der Waals surface area contributed by atoms with E-state index in [2.05, 4.69) is 4.98 Å². The summed E-state index contributed by atoms with van der Waals surface area (Å²) in [7, 11) is 0. The highest BCUT2D eigenvalue weighted by Gasteiger charge is 2.13. The average molecular weight is 232 g/mol. The Bertz CT molecular complexity index is 536. The van der Waals surface area contributed by atoms with Crippen LogP contribution < -0.4 is 5.73 Å². The van der Waals surface area contributed by atoms with Crippen LogP contribution in [0.3, 0.4) is 0 Å². The Kier molecular flexibility index (Phi) is 3.15. The molecule has 0 amide bonds. The summed E-state index contributed by atoms with van der Waals surface area (Å²) in [6.45, 7) is 0.720. The fraction of sp³-hybridized carbons (Fsp3) is 0.182. The molecule has 6 heteroatoms. The van der Waals surface area contributed by atoms with Crippen molar-refractivity contribution in [2.24, 2.45) is 5.73 Å². The molecule has 6 nitrogen and oxygen atoms in total. The largest absolute Gasteiger partial charge is 0.329 e. The van der Waals surface area contributed by atoms with Crippen molar-refractivity contribution in [3.8, 4) is 0 Å². The average Bonchev–Trinajstić information content (AvgIpc) is 2.77. The summed E-state index contributed by atoms with van der Waals surface area (Å²) in [4.78, 5) is 14.6. The fourth-order valence-corrected chi connectivity index (χ4v) is 1.68. The maximum absolute atomic E-state index is 10.9. The van der Waals surface area contributed by atoms with Gasteiger partial charge in [-0.1, -0.05) is 18.2 Å². The molecule has 2 N–H and O–H groups in total. The molecule has 0 bridgehead atoms. The minimum Gasteiger partial charge on any atom is -0.329 e. The van der Waals surface area contributed by atoms with Crippen LogP contribution in [0.25, 0.3) is 0 Å². The predicted octanol–water partition coefficient (Wildman–Crippen LogP) is 1.30. The number of nitrogens with two attached hydrogens (primary N) is 1. The van der Waals surface area contributed by atoms with Crippen LogP contribution in [-0.2, 0) is 13.1 Å². The summed E-state index contributed by atoms with van der Waals surface area (Å²) in [6, 6.07) is 6.66. The van der Waals surface area contributed by atoms with Gasteiger partial charge in [-0.2, -0.15) is 0 Å². The Morgan fingerprint density at radius 2 is 2.18 bits per heavy atom. The van der Waals surface area contributed by atoms with E-state index < -0.39 is 0 Å². The summed E-state index contributed by atoms with van der Waals surface area (Å²) in [5.41, 5.74) is 6.29. The molecular formula is C11H12N4O2. The molecule has 17 heavy (non-hydrogen) atoms. The first-order valence-corrected chi connectivity index (χ1v) is 5.14. The lowest BCUT2D eigenvalue weighted by Gasteiger charge is -2.06. The Hall–Kier alpha value is -2.21. The van der Waals surface area contributed by atoms with Gasteiger partial charge in [0.2, 0.25) is 0 Å². The summed E-state index contributed by atoms with van der Waals surface area (Å²) in [5.74, 6) is 0.711. The molecule has 0 radical (unpaired) electrons. The van der Waals surface area contributed by atoms with Crippen molar-refractivity contribution in [3.05, 3.63) is 58.2 Å². The second kappa shape index (κ2) is 4.75. The van der Waals surface area contributed by atoms with Gasteiger partial charge in [0.25, 0.3) is 5.69 Å². The summed E-state index contributed by atoms with van der Waals surface area (Å²) in [5, 5.41) is 10.9. The highest BCUT2D eigenvalue weighted by Crippen LogP contribution is 2.19. The van der Waals surface area contributed by atoms with Gasteiger partial charge in [0.05, 0.1) is 18.0 Å². The Balaban J connectivity index is 2.33. The van der Waals surface area contributed by atoms with E-state index in [9.17, 15) is 10.1 Å². The van der Waals surface area contributed by atoms with Crippen molar-refractivity contribution < 1.29 is 4.92 Å². The first-order valence-electron chi connectivity index (χ1n) is 5.14. The van der Waals surface area contributed by atoms with Gasteiger partial charge in [0.1, 0.15) is 5.82 Å². The van der Waals surface area contributed by atoms with Crippen molar-refractivity contribution in [2.75, 3.05) is 0 Å². The van der Waals surface area contributed by atoms with Gasteiger partial charge in [-0.3, -0.25) is 10.1 Å². The molecule has 1 aromatic heterocycles. The Morgan fingerprint density at radius 1 is 1.41 bits per heavy atom. The van der Waals surface area contributed by atoms with E-state index in [0.29, 0.717) is 24.5 Å². The van der Waals surface area contributed by atoms with Gasteiger partial charge in [-0.25, -0.2) is 4.98 Å². The lowest BCUT2D eigenvalue weighted by molar-refractivity contribution is -0.385. The first-order chi connectivity index (χ1) is 8.22. The third-order valence-corrected chi connectivity index (χ3v) is 2.51. The van der Waals surface area contributed by atoms with E-state index in [4.69, 9.17) is 5.73 Å². The zero-order valence-corrected chi connectivity index (χ0v) is 9.11. The number of hydrogen-bond acceptors (Lipinski definition) is 4. The lowest BCUT2D eigenvalue weighted by Crippen LogP contribution is -2.09. The molecule has 0 saturated carbocycles. The molecule has 0 spiro atoms. The zero-order valence-electron chi connectivity index (χ0n) is 9.11. The number of nitro benzene ring substituents is 1. The summed E-state index contributed by atoms with van der Waals surface area (Å²) in [6.07, 6.45) is 3.40. The second-order valence-corrected chi connectivity index (χ2v) is 3.56. The standard InChI is InChI=1S/C11H12N4O2/c12-7-11-13-5-6-14(11)8-9-3-1-2-4-10(9)15(16)17/h1-6H,7-8,12H2. The van der Waals surface area contributed by atoms with Crippen LogP contribution in [-0.4, -0.2) is 14.5 Å². The molecule has 0 unspecified atom stereocenters. The van der Waals surface area contributed by atoms with Crippen LogP contribution in [0, 0.1) is 10.1 Å². The number of aromatic nitrogens is 2. The van der Waals surface area contributed by atoms with Gasteiger partial charge >= 0.3 is 0 Å². The monoisotopic (exact) mass is 232 g/mol. The van der Waals surface area contributed by atoms with E-state index in [1.165, 1.54) is 6.07 Å². The van der Waals surface area contributed by atoms with E-state index in [1.54, 1.807) is 30.6 Å². The number of nitro groups is 1. The van der Waals surface area contributed by atoms with E-state index in [-0.39, 0.29) is 10.6 Å². The maximum atomic E-state index is 10.9. The third kappa shape index (κ3) is 2.31. The summed E-state index contributed by atoms with van der Waals surface area (Å²) < 4.78 is 1.81. The van der Waals surface area contributed by atoms with Crippen molar-refractivity contribution in [2.45, 2.75) is 13.1 Å². The molecule has 0 saturated heterocycles. The first kappa shape index (κ1) is 11.3. The second-order valence-electron chi connectivity index (χ2n) is 3.56. The highest BCUT2D eigenvalue weighted by atomic mass is 16.6. The molecule has 0 fully saturated rings. The number of para-hydroxylation sites is 1. The maximum Gasteiger partial charge on any atom is 0.274 e. The number of imidazole rings is 1. The molecule has 2 rings (SSSR count). The fourth-order valence-electron chi connectivity index (χ4n) is 1.68. The van der Waals surface area contributed by atoms with Gasteiger partial charge in [0.15, 0.2) is 0 Å². The van der Waals surface area contributed by atoms with Crippen molar-refractivity contribution in [1.82, 2.24) is 9.55 Å². The van der Waals surface area contributed by atoms with E-state index in [1.807, 2.05) is 4.57 Å². The molecule has 2 aromatic rings. The van der Waals surface area contributed by atoms with Crippen LogP contribution >= 0.6 is 0 Å². The smallest absolute Gasteiger partial charge is 0.274 e. The van der Waals surface area contributed by atoms with Gasteiger partial charge in [-0.15, -0.1) is 0 Å². The molecular weight excluding hydrogens is 220 g/mol. The number of benzene rings is 1. The minimum absolute atomic E-state index is 0.115. The quantitative estimate of drug-likeness (QED) is 0.635. The molecule has 88 valence electrons. The minimum atomic E-state index is -0.381. The number of hydrogen-bond donors (Lipinski definition) is 1. The SMILES string of the molecule is NCc1nccn1Cc1ccccc1[N+](=O)[O-]. The molecule has 0 atom stereocenters. The third-order valence-electron chi connectivity index (χ3n) is 2.51. The van der Waals surface area contributed by atoms with E-state index >= 15 is 0 Å². The van der Waals surface area contributed by atoms with Crippen LogP contribution in [0.15, 0.2) is 36.7 Å². The van der Waals surface area contributed by atoms with Crippen LogP contribution in [0.2, 0.25) is 0 Å².